The van der Waals surface area contributed by atoms with E-state index in [1.54, 1.807) is 20.8 Å². The first-order valence-electron chi connectivity index (χ1n) is 6.79. The summed E-state index contributed by atoms with van der Waals surface area (Å²) in [5.74, 6) is -1.97. The number of hydrogen-bond acceptors (Lipinski definition) is 5. The highest BCUT2D eigenvalue weighted by atomic mass is 16.3. The molecule has 0 fully saturated rings. The Morgan fingerprint density at radius 3 is 1.95 bits per heavy atom. The first-order chi connectivity index (χ1) is 9.81. The summed E-state index contributed by atoms with van der Waals surface area (Å²) in [4.78, 5) is 45.5. The number of ketones is 1. The maximum absolute atomic E-state index is 11.6. The third kappa shape index (κ3) is 8.03. The van der Waals surface area contributed by atoms with Crippen molar-refractivity contribution in [1.29, 1.82) is 0 Å². The van der Waals surface area contributed by atoms with Gasteiger partial charge in [0.25, 0.3) is 0 Å². The Hall–Kier alpha value is -1.96. The topological polar surface area (TPSA) is 125 Å². The number of rotatable bonds is 9. The highest BCUT2D eigenvalue weighted by Crippen LogP contribution is 1.99. The molecule has 0 saturated carbocycles. The van der Waals surface area contributed by atoms with Gasteiger partial charge in [0.1, 0.15) is 6.04 Å². The Morgan fingerprint density at radius 1 is 0.952 bits per heavy atom. The average Bonchev–Trinajstić information content (AvgIpc) is 2.46. The van der Waals surface area contributed by atoms with Gasteiger partial charge >= 0.3 is 0 Å². The van der Waals surface area contributed by atoms with Crippen molar-refractivity contribution >= 4 is 23.5 Å². The van der Waals surface area contributed by atoms with Gasteiger partial charge in [-0.25, -0.2) is 0 Å². The van der Waals surface area contributed by atoms with Crippen molar-refractivity contribution in [2.75, 3.05) is 19.7 Å². The Labute approximate surface area is 123 Å². The van der Waals surface area contributed by atoms with E-state index in [1.165, 1.54) is 0 Å². The van der Waals surface area contributed by atoms with E-state index in [9.17, 15) is 19.2 Å². The van der Waals surface area contributed by atoms with Crippen molar-refractivity contribution < 1.29 is 24.3 Å². The zero-order valence-corrected chi connectivity index (χ0v) is 12.6. The van der Waals surface area contributed by atoms with Crippen LogP contribution in [0.1, 0.15) is 27.2 Å². The number of aliphatic hydroxyl groups is 1. The fourth-order valence-corrected chi connectivity index (χ4v) is 1.40. The van der Waals surface area contributed by atoms with Crippen LogP contribution in [-0.2, 0) is 19.2 Å². The van der Waals surface area contributed by atoms with E-state index in [1.807, 2.05) is 0 Å². The number of carbonyl (C=O) groups is 4. The molecule has 0 aliphatic heterocycles. The van der Waals surface area contributed by atoms with Gasteiger partial charge < -0.3 is 21.1 Å². The van der Waals surface area contributed by atoms with Crippen LogP contribution in [0.2, 0.25) is 0 Å². The number of aliphatic hydroxyl groups excluding tert-OH is 1. The molecule has 0 rings (SSSR count). The van der Waals surface area contributed by atoms with Crippen molar-refractivity contribution in [2.45, 2.75) is 33.2 Å². The van der Waals surface area contributed by atoms with E-state index < -0.39 is 24.5 Å². The van der Waals surface area contributed by atoms with Crippen LogP contribution in [0.4, 0.5) is 0 Å². The molecule has 0 saturated heterocycles. The quantitative estimate of drug-likeness (QED) is 0.405. The summed E-state index contributed by atoms with van der Waals surface area (Å²) < 4.78 is 0. The fraction of sp³-hybridized carbons (Fsp3) is 0.692. The number of amides is 3. The lowest BCUT2D eigenvalue weighted by molar-refractivity contribution is -0.131. The van der Waals surface area contributed by atoms with Crippen molar-refractivity contribution in [3.8, 4) is 0 Å². The fourth-order valence-electron chi connectivity index (χ4n) is 1.40. The van der Waals surface area contributed by atoms with Gasteiger partial charge in [-0.15, -0.1) is 0 Å². The second kappa shape index (κ2) is 9.87. The summed E-state index contributed by atoms with van der Waals surface area (Å²) in [7, 11) is 0. The van der Waals surface area contributed by atoms with E-state index >= 15 is 0 Å². The molecule has 8 nitrogen and oxygen atoms in total. The number of Topliss-reactive ketones (excluding diaryl/α,β-unsaturated/α-hetero) is 1. The van der Waals surface area contributed by atoms with Gasteiger partial charge in [-0.2, -0.15) is 0 Å². The van der Waals surface area contributed by atoms with Gasteiger partial charge in [-0.05, 0) is 0 Å². The number of carbonyl (C=O) groups excluding carboxylic acids is 4. The molecular weight excluding hydrogens is 278 g/mol. The summed E-state index contributed by atoms with van der Waals surface area (Å²) in [6.07, 6.45) is 0.267. The van der Waals surface area contributed by atoms with Crippen LogP contribution >= 0.6 is 0 Å². The van der Waals surface area contributed by atoms with Crippen LogP contribution in [0.15, 0.2) is 0 Å². The summed E-state index contributed by atoms with van der Waals surface area (Å²) in [6, 6.07) is -0.978. The monoisotopic (exact) mass is 301 g/mol. The molecule has 0 spiro atoms. The Bertz CT molecular complexity index is 395. The SMILES string of the molecule is CCC(=O)NCC(=O)NCC(=O)NC(CO)C(=O)C(C)C. The van der Waals surface area contributed by atoms with Gasteiger partial charge in [0, 0.05) is 12.3 Å². The van der Waals surface area contributed by atoms with Gasteiger partial charge in [-0.3, -0.25) is 19.2 Å². The Kier molecular flexibility index (Phi) is 8.95. The molecule has 4 N–H and O–H groups in total. The van der Waals surface area contributed by atoms with Crippen LogP contribution in [-0.4, -0.2) is 54.3 Å². The lowest BCUT2D eigenvalue weighted by Crippen LogP contribution is -2.49. The molecule has 21 heavy (non-hydrogen) atoms. The molecule has 0 aromatic carbocycles. The van der Waals surface area contributed by atoms with Crippen molar-refractivity contribution in [2.24, 2.45) is 5.92 Å². The average molecular weight is 301 g/mol. The third-order valence-electron chi connectivity index (χ3n) is 2.64. The molecular formula is C13H23N3O5. The van der Waals surface area contributed by atoms with Crippen LogP contribution in [0.5, 0.6) is 0 Å². The molecule has 120 valence electrons. The lowest BCUT2D eigenvalue weighted by Gasteiger charge is -2.17. The lowest BCUT2D eigenvalue weighted by atomic mass is 10.0. The Morgan fingerprint density at radius 2 is 1.48 bits per heavy atom. The number of nitrogens with one attached hydrogen (secondary N) is 3. The smallest absolute Gasteiger partial charge is 0.240 e. The maximum Gasteiger partial charge on any atom is 0.240 e. The van der Waals surface area contributed by atoms with Crippen molar-refractivity contribution in [3.05, 3.63) is 0 Å². The minimum Gasteiger partial charge on any atom is -0.394 e. The second-order valence-corrected chi connectivity index (χ2v) is 4.77. The van der Waals surface area contributed by atoms with Crippen molar-refractivity contribution in [1.82, 2.24) is 16.0 Å². The highest BCUT2D eigenvalue weighted by Gasteiger charge is 2.22. The maximum atomic E-state index is 11.6. The second-order valence-electron chi connectivity index (χ2n) is 4.77. The van der Waals surface area contributed by atoms with E-state index in [0.29, 0.717) is 0 Å². The molecule has 1 unspecified atom stereocenters. The van der Waals surface area contributed by atoms with E-state index in [4.69, 9.17) is 5.11 Å². The van der Waals surface area contributed by atoms with E-state index in [2.05, 4.69) is 16.0 Å². The van der Waals surface area contributed by atoms with Gasteiger partial charge in [0.05, 0.1) is 19.7 Å². The molecule has 0 aromatic rings. The van der Waals surface area contributed by atoms with Gasteiger partial charge in [-0.1, -0.05) is 20.8 Å². The summed E-state index contributed by atoms with van der Waals surface area (Å²) in [5, 5.41) is 16.1. The zero-order valence-electron chi connectivity index (χ0n) is 12.6. The number of hydrogen-bond donors (Lipinski definition) is 4. The summed E-state index contributed by atoms with van der Waals surface area (Å²) in [5.41, 5.74) is 0. The van der Waals surface area contributed by atoms with Gasteiger partial charge in [0.2, 0.25) is 17.7 Å². The van der Waals surface area contributed by atoms with E-state index in [0.717, 1.165) is 0 Å². The molecule has 1 atom stereocenters. The molecule has 0 bridgehead atoms. The molecule has 8 heteroatoms. The van der Waals surface area contributed by atoms with Crippen LogP contribution in [0, 0.1) is 5.92 Å². The molecule has 0 heterocycles. The third-order valence-corrected chi connectivity index (χ3v) is 2.64. The van der Waals surface area contributed by atoms with Crippen LogP contribution < -0.4 is 16.0 Å². The van der Waals surface area contributed by atoms with Crippen LogP contribution in [0.3, 0.4) is 0 Å². The first-order valence-corrected chi connectivity index (χ1v) is 6.79. The first kappa shape index (κ1) is 19.0. The largest absolute Gasteiger partial charge is 0.394 e. The molecule has 0 radical (unpaired) electrons. The minimum atomic E-state index is -0.978. The molecule has 0 aliphatic rings. The van der Waals surface area contributed by atoms with E-state index in [-0.39, 0.29) is 37.1 Å². The molecule has 0 aliphatic carbocycles. The summed E-state index contributed by atoms with van der Waals surface area (Å²) >= 11 is 0. The summed E-state index contributed by atoms with van der Waals surface area (Å²) in [6.45, 7) is 3.94. The standard InChI is InChI=1S/C13H23N3O5/c1-4-10(18)14-5-11(19)15-6-12(20)16-9(7-17)13(21)8(2)3/h8-9,17H,4-7H2,1-3H3,(H,14,18)(H,15,19)(H,16,20). The van der Waals surface area contributed by atoms with Crippen molar-refractivity contribution in [3.63, 3.8) is 0 Å². The molecule has 0 aromatic heterocycles. The minimum absolute atomic E-state index is 0.214. The molecule has 3 amide bonds. The predicted molar refractivity (Wildman–Crippen MR) is 75.2 cm³/mol. The predicted octanol–water partition coefficient (Wildman–Crippen LogP) is -1.67. The normalized spacial score (nSPS) is 11.7. The van der Waals surface area contributed by atoms with Gasteiger partial charge in [0.15, 0.2) is 5.78 Å². The van der Waals surface area contributed by atoms with Crippen LogP contribution in [0.25, 0.3) is 0 Å². The Balaban J connectivity index is 4.11. The zero-order chi connectivity index (χ0) is 16.4. The highest BCUT2D eigenvalue weighted by molar-refractivity contribution is 5.92.